The monoisotopic (exact) mass is 342 g/mol. The Labute approximate surface area is 138 Å². The van der Waals surface area contributed by atoms with Gasteiger partial charge in [0.05, 0.1) is 18.2 Å². The Hall–Kier alpha value is -1.70. The van der Waals surface area contributed by atoms with Crippen LogP contribution in [0.3, 0.4) is 0 Å². The number of carbonyl (C=O) groups is 1. The molecule has 3 rings (SSSR count). The number of rotatable bonds is 3. The molecule has 2 aliphatic rings. The molecule has 1 amide bonds. The van der Waals surface area contributed by atoms with Crippen molar-refractivity contribution >= 4 is 5.91 Å². The fourth-order valence-corrected chi connectivity index (χ4v) is 3.53. The second-order valence-electron chi connectivity index (χ2n) is 6.62. The van der Waals surface area contributed by atoms with Crippen molar-refractivity contribution in [3.8, 4) is 0 Å². The molecule has 0 aromatic carbocycles. The van der Waals surface area contributed by atoms with E-state index in [2.05, 4.69) is 15.3 Å². The van der Waals surface area contributed by atoms with Crippen LogP contribution in [0.15, 0.2) is 12.5 Å². The summed E-state index contributed by atoms with van der Waals surface area (Å²) in [7, 11) is 0. The lowest BCUT2D eigenvalue weighted by atomic mass is 9.85. The van der Waals surface area contributed by atoms with Gasteiger partial charge in [0.1, 0.15) is 6.33 Å². The van der Waals surface area contributed by atoms with Gasteiger partial charge in [-0.1, -0.05) is 6.42 Å². The Bertz CT molecular complexity index is 593. The van der Waals surface area contributed by atoms with Gasteiger partial charge >= 0.3 is 6.18 Å². The lowest BCUT2D eigenvalue weighted by molar-refractivity contribution is -0.184. The minimum absolute atomic E-state index is 0.00863. The van der Waals surface area contributed by atoms with Crippen molar-refractivity contribution in [2.45, 2.75) is 50.9 Å². The highest BCUT2D eigenvalue weighted by Gasteiger charge is 2.42. The second-order valence-corrected chi connectivity index (χ2v) is 6.62. The average molecular weight is 342 g/mol. The highest BCUT2D eigenvalue weighted by Crippen LogP contribution is 2.37. The molecule has 24 heavy (non-hydrogen) atoms. The first-order valence-corrected chi connectivity index (χ1v) is 8.28. The van der Waals surface area contributed by atoms with E-state index < -0.39 is 12.1 Å². The number of halogens is 3. The van der Waals surface area contributed by atoms with E-state index in [0.29, 0.717) is 19.4 Å². The fraction of sp³-hybridized carbons (Fsp3) is 0.688. The maximum Gasteiger partial charge on any atom is 0.391 e. The molecule has 1 N–H and O–H groups in total. The van der Waals surface area contributed by atoms with Crippen LogP contribution >= 0.6 is 0 Å². The molecule has 132 valence electrons. The van der Waals surface area contributed by atoms with Crippen LogP contribution in [0.4, 0.5) is 13.2 Å². The summed E-state index contributed by atoms with van der Waals surface area (Å²) in [5.41, 5.74) is 2.01. The third-order valence-electron chi connectivity index (χ3n) is 4.82. The van der Waals surface area contributed by atoms with Crippen LogP contribution in [0.2, 0.25) is 0 Å². The average Bonchev–Trinajstić information content (AvgIpc) is 2.54. The largest absolute Gasteiger partial charge is 0.391 e. The third kappa shape index (κ3) is 4.23. The molecule has 5 nitrogen and oxygen atoms in total. The molecule has 0 saturated heterocycles. The van der Waals surface area contributed by atoms with Crippen LogP contribution in [0, 0.1) is 5.92 Å². The predicted molar refractivity (Wildman–Crippen MR) is 81.0 cm³/mol. The van der Waals surface area contributed by atoms with Crippen molar-refractivity contribution in [1.82, 2.24) is 20.2 Å². The first-order chi connectivity index (χ1) is 11.4. The zero-order valence-corrected chi connectivity index (χ0v) is 13.4. The number of carbonyl (C=O) groups excluding carboxylic acids is 1. The minimum atomic E-state index is -4.17. The summed E-state index contributed by atoms with van der Waals surface area (Å²) in [4.78, 5) is 22.4. The van der Waals surface area contributed by atoms with Gasteiger partial charge in [-0.05, 0) is 31.2 Å². The Morgan fingerprint density at radius 2 is 2.21 bits per heavy atom. The number of hydrogen-bond donors (Lipinski definition) is 1. The molecule has 1 saturated carbocycles. The number of amides is 1. The quantitative estimate of drug-likeness (QED) is 0.914. The van der Waals surface area contributed by atoms with Crippen LogP contribution in [-0.4, -0.2) is 46.1 Å². The van der Waals surface area contributed by atoms with E-state index in [0.717, 1.165) is 24.2 Å². The normalized spacial score (nSPS) is 25.1. The van der Waals surface area contributed by atoms with E-state index in [1.165, 1.54) is 6.33 Å². The van der Waals surface area contributed by atoms with Crippen molar-refractivity contribution in [2.75, 3.05) is 13.1 Å². The van der Waals surface area contributed by atoms with Gasteiger partial charge in [-0.15, -0.1) is 0 Å². The standard InChI is InChI=1S/C16H21F3N4O/c17-16(18,19)12-2-1-3-13(6-12)22-15(24)9-23-5-4-11-7-20-10-21-14(11)8-23/h7,10,12-13H,1-6,8-9H2,(H,22,24)/t12-,13-/m1/s1. The summed E-state index contributed by atoms with van der Waals surface area (Å²) in [6, 6.07) is -0.378. The van der Waals surface area contributed by atoms with Gasteiger partial charge in [-0.3, -0.25) is 9.69 Å². The maximum atomic E-state index is 12.8. The molecule has 0 unspecified atom stereocenters. The Morgan fingerprint density at radius 3 is 3.00 bits per heavy atom. The summed E-state index contributed by atoms with van der Waals surface area (Å²) >= 11 is 0. The van der Waals surface area contributed by atoms with E-state index in [1.54, 1.807) is 6.20 Å². The number of nitrogens with one attached hydrogen (secondary N) is 1. The molecule has 1 aromatic heterocycles. The Balaban J connectivity index is 1.49. The second kappa shape index (κ2) is 7.04. The summed E-state index contributed by atoms with van der Waals surface area (Å²) < 4.78 is 38.5. The van der Waals surface area contributed by atoms with Gasteiger partial charge in [0.2, 0.25) is 5.91 Å². The molecule has 2 heterocycles. The highest BCUT2D eigenvalue weighted by atomic mass is 19.4. The topological polar surface area (TPSA) is 58.1 Å². The molecule has 1 fully saturated rings. The van der Waals surface area contributed by atoms with Crippen molar-refractivity contribution < 1.29 is 18.0 Å². The SMILES string of the molecule is O=C(CN1CCc2cncnc2C1)N[C@@H]1CCC[C@@H](C(F)(F)F)C1. The van der Waals surface area contributed by atoms with Gasteiger partial charge in [-0.2, -0.15) is 13.2 Å². The van der Waals surface area contributed by atoms with E-state index in [1.807, 2.05) is 4.90 Å². The zero-order chi connectivity index (χ0) is 17.2. The van der Waals surface area contributed by atoms with E-state index in [4.69, 9.17) is 0 Å². The molecule has 0 bridgehead atoms. The fourth-order valence-electron chi connectivity index (χ4n) is 3.53. The highest BCUT2D eigenvalue weighted by molar-refractivity contribution is 5.78. The molecular weight excluding hydrogens is 321 g/mol. The zero-order valence-electron chi connectivity index (χ0n) is 13.4. The van der Waals surface area contributed by atoms with Crippen LogP contribution < -0.4 is 5.32 Å². The third-order valence-corrected chi connectivity index (χ3v) is 4.82. The number of hydrogen-bond acceptors (Lipinski definition) is 4. The molecule has 0 radical (unpaired) electrons. The van der Waals surface area contributed by atoms with Gasteiger partial charge in [0, 0.05) is 25.3 Å². The van der Waals surface area contributed by atoms with Crippen molar-refractivity contribution in [3.05, 3.63) is 23.8 Å². The van der Waals surface area contributed by atoms with E-state index >= 15 is 0 Å². The van der Waals surface area contributed by atoms with Crippen molar-refractivity contribution in [1.29, 1.82) is 0 Å². The van der Waals surface area contributed by atoms with Crippen molar-refractivity contribution in [2.24, 2.45) is 5.92 Å². The first kappa shape index (κ1) is 17.1. The molecule has 1 aliphatic heterocycles. The maximum absolute atomic E-state index is 12.8. The predicted octanol–water partition coefficient (Wildman–Crippen LogP) is 2.07. The molecule has 1 aromatic rings. The number of fused-ring (bicyclic) bond motifs is 1. The van der Waals surface area contributed by atoms with E-state index in [-0.39, 0.29) is 31.3 Å². The van der Waals surface area contributed by atoms with Crippen LogP contribution in [0.1, 0.15) is 36.9 Å². The lowest BCUT2D eigenvalue weighted by Crippen LogP contribution is -2.46. The number of alkyl halides is 3. The molecule has 2 atom stereocenters. The molecule has 1 aliphatic carbocycles. The number of nitrogens with zero attached hydrogens (tertiary/aromatic N) is 3. The van der Waals surface area contributed by atoms with Crippen LogP contribution in [0.5, 0.6) is 0 Å². The summed E-state index contributed by atoms with van der Waals surface area (Å²) in [6.45, 7) is 1.49. The van der Waals surface area contributed by atoms with E-state index in [9.17, 15) is 18.0 Å². The van der Waals surface area contributed by atoms with Crippen molar-refractivity contribution in [3.63, 3.8) is 0 Å². The Kier molecular flexibility index (Phi) is 5.03. The molecule has 8 heteroatoms. The first-order valence-electron chi connectivity index (χ1n) is 8.28. The smallest absolute Gasteiger partial charge is 0.352 e. The summed E-state index contributed by atoms with van der Waals surface area (Å²) in [6.07, 6.45) is 1.17. The van der Waals surface area contributed by atoms with Gasteiger partial charge in [-0.25, -0.2) is 9.97 Å². The summed E-state index contributed by atoms with van der Waals surface area (Å²) in [5, 5.41) is 2.78. The van der Waals surface area contributed by atoms with Crippen LogP contribution in [0.25, 0.3) is 0 Å². The lowest BCUT2D eigenvalue weighted by Gasteiger charge is -2.32. The van der Waals surface area contributed by atoms with Gasteiger partial charge in [0.25, 0.3) is 0 Å². The molecular formula is C16H21F3N4O. The Morgan fingerprint density at radius 1 is 1.38 bits per heavy atom. The molecule has 0 spiro atoms. The number of aromatic nitrogens is 2. The van der Waals surface area contributed by atoms with Gasteiger partial charge < -0.3 is 5.32 Å². The van der Waals surface area contributed by atoms with Crippen LogP contribution in [-0.2, 0) is 17.8 Å². The minimum Gasteiger partial charge on any atom is -0.352 e. The van der Waals surface area contributed by atoms with Gasteiger partial charge in [0.15, 0.2) is 0 Å². The summed E-state index contributed by atoms with van der Waals surface area (Å²) in [5.74, 6) is -1.50.